The van der Waals surface area contributed by atoms with E-state index in [-0.39, 0.29) is 11.8 Å². The Hall–Kier alpha value is -1.10. The molecule has 0 saturated heterocycles. The third-order valence-electron chi connectivity index (χ3n) is 3.49. The monoisotopic (exact) mass is 242 g/mol. The predicted octanol–water partition coefficient (Wildman–Crippen LogP) is 0.731. The molecule has 0 bridgehead atoms. The van der Waals surface area contributed by atoms with Crippen molar-refractivity contribution in [3.05, 3.63) is 0 Å². The molecule has 17 heavy (non-hydrogen) atoms. The largest absolute Gasteiger partial charge is 0.480 e. The Bertz CT molecular complexity index is 293. The van der Waals surface area contributed by atoms with Gasteiger partial charge in [0.1, 0.15) is 6.04 Å². The lowest BCUT2D eigenvalue weighted by atomic mass is 9.68. The molecular weight excluding hydrogens is 220 g/mol. The van der Waals surface area contributed by atoms with Crippen LogP contribution in [0, 0.1) is 11.3 Å². The molecule has 0 radical (unpaired) electrons. The second-order valence-corrected chi connectivity index (χ2v) is 5.33. The molecule has 1 atom stereocenters. The third-order valence-corrected chi connectivity index (χ3v) is 3.49. The smallest absolute Gasteiger partial charge is 0.326 e. The quantitative estimate of drug-likeness (QED) is 0.640. The van der Waals surface area contributed by atoms with Crippen molar-refractivity contribution in [3.63, 3.8) is 0 Å². The van der Waals surface area contributed by atoms with E-state index < -0.39 is 17.4 Å². The van der Waals surface area contributed by atoms with Crippen LogP contribution in [0.15, 0.2) is 0 Å². The van der Waals surface area contributed by atoms with Crippen molar-refractivity contribution in [2.75, 3.05) is 6.54 Å². The number of rotatable bonds is 6. The van der Waals surface area contributed by atoms with E-state index in [4.69, 9.17) is 10.8 Å². The molecule has 5 heteroatoms. The van der Waals surface area contributed by atoms with Gasteiger partial charge >= 0.3 is 5.97 Å². The number of nitrogens with one attached hydrogen (secondary N) is 1. The van der Waals surface area contributed by atoms with Crippen LogP contribution in [-0.2, 0) is 9.59 Å². The first-order valence-electron chi connectivity index (χ1n) is 6.15. The van der Waals surface area contributed by atoms with E-state index in [9.17, 15) is 9.59 Å². The Labute approximate surface area is 102 Å². The van der Waals surface area contributed by atoms with Gasteiger partial charge in [0, 0.05) is 6.54 Å². The molecule has 0 aromatic carbocycles. The number of hydrogen-bond donors (Lipinski definition) is 3. The molecule has 4 N–H and O–H groups in total. The molecule has 1 rings (SSSR count). The summed E-state index contributed by atoms with van der Waals surface area (Å²) in [6.45, 7) is 4.17. The van der Waals surface area contributed by atoms with Crippen LogP contribution in [0.5, 0.6) is 0 Å². The molecule has 1 saturated carbocycles. The molecule has 0 aromatic rings. The Morgan fingerprint density at radius 1 is 1.41 bits per heavy atom. The maximum absolute atomic E-state index is 12.0. The fraction of sp³-hybridized carbons (Fsp3) is 0.833. The molecule has 0 spiro atoms. The molecule has 1 aliphatic rings. The number of carboxylic acids is 1. The highest BCUT2D eigenvalue weighted by Crippen LogP contribution is 2.40. The highest BCUT2D eigenvalue weighted by molar-refractivity contribution is 5.88. The van der Waals surface area contributed by atoms with Gasteiger partial charge in [-0.2, -0.15) is 0 Å². The molecule has 5 nitrogen and oxygen atoms in total. The molecular formula is C12H22N2O3. The van der Waals surface area contributed by atoms with E-state index in [2.05, 4.69) is 5.32 Å². The van der Waals surface area contributed by atoms with Gasteiger partial charge < -0.3 is 16.2 Å². The summed E-state index contributed by atoms with van der Waals surface area (Å²) in [6.07, 6.45) is 2.97. The summed E-state index contributed by atoms with van der Waals surface area (Å²) in [7, 11) is 0. The van der Waals surface area contributed by atoms with Gasteiger partial charge in [0.25, 0.3) is 0 Å². The van der Waals surface area contributed by atoms with Crippen molar-refractivity contribution in [2.24, 2.45) is 17.1 Å². The van der Waals surface area contributed by atoms with E-state index in [1.54, 1.807) is 0 Å². The maximum Gasteiger partial charge on any atom is 0.326 e. The van der Waals surface area contributed by atoms with E-state index in [1.165, 1.54) is 0 Å². The fourth-order valence-corrected chi connectivity index (χ4v) is 2.13. The summed E-state index contributed by atoms with van der Waals surface area (Å²) in [5, 5.41) is 11.7. The van der Waals surface area contributed by atoms with Crippen molar-refractivity contribution in [3.8, 4) is 0 Å². The van der Waals surface area contributed by atoms with Crippen LogP contribution in [-0.4, -0.2) is 29.6 Å². The summed E-state index contributed by atoms with van der Waals surface area (Å²) in [5.41, 5.74) is 5.11. The number of carbonyl (C=O) groups is 2. The lowest BCUT2D eigenvalue weighted by molar-refractivity contribution is -0.146. The van der Waals surface area contributed by atoms with Gasteiger partial charge in [-0.3, -0.25) is 4.79 Å². The van der Waals surface area contributed by atoms with Crippen molar-refractivity contribution >= 4 is 11.9 Å². The summed E-state index contributed by atoms with van der Waals surface area (Å²) in [5.74, 6) is -0.940. The predicted molar refractivity (Wildman–Crippen MR) is 64.4 cm³/mol. The second kappa shape index (κ2) is 5.49. The van der Waals surface area contributed by atoms with Gasteiger partial charge in [0.2, 0.25) is 5.91 Å². The Morgan fingerprint density at radius 3 is 2.29 bits per heavy atom. The average molecular weight is 242 g/mol. The molecule has 1 fully saturated rings. The molecule has 98 valence electrons. The van der Waals surface area contributed by atoms with Crippen LogP contribution in [0.4, 0.5) is 0 Å². The van der Waals surface area contributed by atoms with Crippen LogP contribution in [0.3, 0.4) is 0 Å². The molecule has 1 aliphatic carbocycles. The zero-order chi connectivity index (χ0) is 13.1. The van der Waals surface area contributed by atoms with Gasteiger partial charge in [0.15, 0.2) is 0 Å². The summed E-state index contributed by atoms with van der Waals surface area (Å²) in [4.78, 5) is 23.1. The first-order valence-corrected chi connectivity index (χ1v) is 6.15. The van der Waals surface area contributed by atoms with Crippen LogP contribution in [0.1, 0.15) is 39.5 Å². The van der Waals surface area contributed by atoms with Crippen LogP contribution < -0.4 is 11.1 Å². The highest BCUT2D eigenvalue weighted by Gasteiger charge is 2.43. The van der Waals surface area contributed by atoms with Crippen LogP contribution in [0.2, 0.25) is 0 Å². The number of aliphatic carboxylic acids is 1. The van der Waals surface area contributed by atoms with E-state index in [0.717, 1.165) is 19.3 Å². The first-order chi connectivity index (χ1) is 7.91. The number of amides is 1. The first kappa shape index (κ1) is 14.0. The number of hydrogen-bond acceptors (Lipinski definition) is 3. The Kier molecular flexibility index (Phi) is 4.51. The molecule has 0 unspecified atom stereocenters. The topological polar surface area (TPSA) is 92.4 Å². The van der Waals surface area contributed by atoms with Crippen molar-refractivity contribution in [1.82, 2.24) is 5.32 Å². The summed E-state index contributed by atoms with van der Waals surface area (Å²) < 4.78 is 0. The van der Waals surface area contributed by atoms with Crippen LogP contribution in [0.25, 0.3) is 0 Å². The molecule has 0 aliphatic heterocycles. The number of carboxylic acid groups (broad SMARTS) is 1. The third kappa shape index (κ3) is 3.19. The van der Waals surface area contributed by atoms with Gasteiger partial charge in [-0.25, -0.2) is 4.79 Å². The minimum Gasteiger partial charge on any atom is -0.480 e. The van der Waals surface area contributed by atoms with Gasteiger partial charge in [0.05, 0.1) is 5.41 Å². The second-order valence-electron chi connectivity index (χ2n) is 5.33. The van der Waals surface area contributed by atoms with E-state index >= 15 is 0 Å². The number of nitrogens with two attached hydrogens (primary N) is 1. The SMILES string of the molecule is CC(C)C[C@@H](NC(=O)C1(CN)CCC1)C(=O)O. The Balaban J connectivity index is 2.60. The lowest BCUT2D eigenvalue weighted by Crippen LogP contribution is -2.54. The normalized spacial score (nSPS) is 19.5. The lowest BCUT2D eigenvalue weighted by Gasteiger charge is -2.39. The van der Waals surface area contributed by atoms with Crippen LogP contribution >= 0.6 is 0 Å². The van der Waals surface area contributed by atoms with Crippen molar-refractivity contribution in [2.45, 2.75) is 45.6 Å². The van der Waals surface area contributed by atoms with Crippen molar-refractivity contribution < 1.29 is 14.7 Å². The minimum absolute atomic E-state index is 0.195. The van der Waals surface area contributed by atoms with E-state index in [1.807, 2.05) is 13.8 Å². The molecule has 1 amide bonds. The summed E-state index contributed by atoms with van der Waals surface area (Å²) in [6, 6.07) is -0.800. The van der Waals surface area contributed by atoms with Gasteiger partial charge in [-0.1, -0.05) is 20.3 Å². The summed E-state index contributed by atoms with van der Waals surface area (Å²) >= 11 is 0. The highest BCUT2D eigenvalue weighted by atomic mass is 16.4. The minimum atomic E-state index is -0.974. The zero-order valence-electron chi connectivity index (χ0n) is 10.5. The molecule has 0 heterocycles. The standard InChI is InChI=1S/C12H22N2O3/c1-8(2)6-9(10(15)16)14-11(17)12(7-13)4-3-5-12/h8-9H,3-7,13H2,1-2H3,(H,14,17)(H,15,16)/t9-/m1/s1. The maximum atomic E-state index is 12.0. The van der Waals surface area contributed by atoms with E-state index in [0.29, 0.717) is 13.0 Å². The molecule has 0 aromatic heterocycles. The fourth-order valence-electron chi connectivity index (χ4n) is 2.13. The average Bonchev–Trinajstić information content (AvgIpc) is 2.14. The van der Waals surface area contributed by atoms with Gasteiger partial charge in [-0.05, 0) is 25.2 Å². The zero-order valence-corrected chi connectivity index (χ0v) is 10.5. The number of carbonyl (C=O) groups excluding carboxylic acids is 1. The van der Waals surface area contributed by atoms with Crippen molar-refractivity contribution in [1.29, 1.82) is 0 Å². The Morgan fingerprint density at radius 2 is 2.00 bits per heavy atom. The van der Waals surface area contributed by atoms with Gasteiger partial charge in [-0.15, -0.1) is 0 Å².